The van der Waals surface area contributed by atoms with Gasteiger partial charge in [0.1, 0.15) is 17.3 Å². The van der Waals surface area contributed by atoms with Gasteiger partial charge in [0.05, 0.1) is 5.69 Å². The summed E-state index contributed by atoms with van der Waals surface area (Å²) in [6.45, 7) is 3.88. The highest BCUT2D eigenvalue weighted by Crippen LogP contribution is 2.16. The van der Waals surface area contributed by atoms with E-state index < -0.39 is 5.91 Å². The molecule has 0 saturated carbocycles. The molecule has 0 bridgehead atoms. The van der Waals surface area contributed by atoms with Crippen molar-refractivity contribution in [3.63, 3.8) is 0 Å². The predicted molar refractivity (Wildman–Crippen MR) is 86.6 cm³/mol. The van der Waals surface area contributed by atoms with Gasteiger partial charge in [0.15, 0.2) is 5.82 Å². The van der Waals surface area contributed by atoms with Crippen LogP contribution in [-0.2, 0) is 0 Å². The molecular formula is C16H15N7O. The van der Waals surface area contributed by atoms with Crippen LogP contribution in [0.1, 0.15) is 35.9 Å². The molecule has 0 radical (unpaired) electrons. The Morgan fingerprint density at radius 1 is 1.38 bits per heavy atom. The number of aromatic nitrogens is 5. The van der Waals surface area contributed by atoms with Crippen molar-refractivity contribution >= 4 is 11.7 Å². The molecule has 1 amide bonds. The third kappa shape index (κ3) is 3.01. The van der Waals surface area contributed by atoms with Gasteiger partial charge in [-0.2, -0.15) is 15.5 Å². The second-order valence-electron chi connectivity index (χ2n) is 5.38. The molecule has 3 aromatic heterocycles. The number of carbonyl (C=O) groups is 1. The number of amides is 1. The lowest BCUT2D eigenvalue weighted by molar-refractivity contribution is 0.102. The second kappa shape index (κ2) is 6.34. The quantitative estimate of drug-likeness (QED) is 0.793. The summed E-state index contributed by atoms with van der Waals surface area (Å²) in [5.74, 6) is -0.211. The maximum atomic E-state index is 12.4. The molecule has 0 aliphatic rings. The minimum atomic E-state index is -0.436. The van der Waals surface area contributed by atoms with Gasteiger partial charge in [-0.25, -0.2) is 4.68 Å². The molecule has 1 N–H and O–H groups in total. The highest BCUT2D eigenvalue weighted by Gasteiger charge is 2.16. The average Bonchev–Trinajstić information content (AvgIpc) is 3.24. The molecule has 0 saturated heterocycles. The average molecular weight is 321 g/mol. The minimum Gasteiger partial charge on any atom is -0.303 e. The fraction of sp³-hybridized carbons (Fsp3) is 0.188. The lowest BCUT2D eigenvalue weighted by Gasteiger charge is -2.06. The molecular weight excluding hydrogens is 306 g/mol. The summed E-state index contributed by atoms with van der Waals surface area (Å²) in [6.07, 6.45) is 6.56. The topological polar surface area (TPSA) is 101 Å². The van der Waals surface area contributed by atoms with Crippen LogP contribution in [0.25, 0.3) is 5.69 Å². The summed E-state index contributed by atoms with van der Waals surface area (Å²) in [4.78, 5) is 16.5. The fourth-order valence-corrected chi connectivity index (χ4v) is 2.11. The molecule has 3 rings (SSSR count). The van der Waals surface area contributed by atoms with Crippen molar-refractivity contribution in [2.24, 2.45) is 0 Å². The molecule has 0 aliphatic heterocycles. The second-order valence-corrected chi connectivity index (χ2v) is 5.38. The van der Waals surface area contributed by atoms with Crippen LogP contribution in [0.4, 0.5) is 5.82 Å². The molecule has 0 spiro atoms. The van der Waals surface area contributed by atoms with E-state index in [0.717, 1.165) is 0 Å². The number of hydrogen-bond donors (Lipinski definition) is 1. The third-order valence-corrected chi connectivity index (χ3v) is 3.36. The van der Waals surface area contributed by atoms with Gasteiger partial charge in [-0.15, -0.1) is 0 Å². The van der Waals surface area contributed by atoms with Crippen LogP contribution in [-0.4, -0.2) is 30.5 Å². The summed E-state index contributed by atoms with van der Waals surface area (Å²) in [5, 5.41) is 20.2. The van der Waals surface area contributed by atoms with E-state index >= 15 is 0 Å². The number of hydrogen-bond acceptors (Lipinski definition) is 5. The molecule has 0 aromatic carbocycles. The Kier molecular flexibility index (Phi) is 4.07. The minimum absolute atomic E-state index is 0.0871. The Morgan fingerprint density at radius 3 is 2.88 bits per heavy atom. The summed E-state index contributed by atoms with van der Waals surface area (Å²) in [5.41, 5.74) is 1.24. The molecule has 3 heterocycles. The third-order valence-electron chi connectivity index (χ3n) is 3.36. The number of carbonyl (C=O) groups excluding carboxylic acids is 1. The maximum Gasteiger partial charge on any atom is 0.275 e. The van der Waals surface area contributed by atoms with E-state index in [-0.39, 0.29) is 17.6 Å². The molecule has 24 heavy (non-hydrogen) atoms. The number of anilines is 1. The number of rotatable bonds is 4. The van der Waals surface area contributed by atoms with E-state index in [0.29, 0.717) is 11.3 Å². The number of nitriles is 1. The Balaban J connectivity index is 1.86. The molecule has 0 atom stereocenters. The molecule has 3 aromatic rings. The van der Waals surface area contributed by atoms with Crippen molar-refractivity contribution in [1.29, 1.82) is 5.26 Å². The van der Waals surface area contributed by atoms with Crippen molar-refractivity contribution in [3.8, 4) is 11.8 Å². The van der Waals surface area contributed by atoms with Gasteiger partial charge in [0.2, 0.25) is 0 Å². The van der Waals surface area contributed by atoms with Crippen molar-refractivity contribution in [2.45, 2.75) is 19.9 Å². The number of nitrogens with one attached hydrogen (secondary N) is 1. The van der Waals surface area contributed by atoms with E-state index in [2.05, 4.69) is 20.5 Å². The van der Waals surface area contributed by atoms with Crippen LogP contribution in [0.15, 0.2) is 43.0 Å². The number of nitrogens with zero attached hydrogens (tertiary/aromatic N) is 6. The van der Waals surface area contributed by atoms with E-state index in [4.69, 9.17) is 0 Å². The van der Waals surface area contributed by atoms with Crippen molar-refractivity contribution in [1.82, 2.24) is 24.5 Å². The standard InChI is InChI=1S/C16H15N7O/c1-11(2)23-10-12(9-17)15(21-23)20-16(24)14-8-13(4-6-18-14)22-7-3-5-19-22/h3-8,10-11H,1-2H3,(H,20,21,24). The first-order chi connectivity index (χ1) is 11.6. The van der Waals surface area contributed by atoms with Gasteiger partial charge in [0.25, 0.3) is 5.91 Å². The first-order valence-corrected chi connectivity index (χ1v) is 7.35. The van der Waals surface area contributed by atoms with Crippen LogP contribution in [0.5, 0.6) is 0 Å². The van der Waals surface area contributed by atoms with Gasteiger partial charge in [0, 0.05) is 30.8 Å². The lowest BCUT2D eigenvalue weighted by Crippen LogP contribution is -2.15. The Hall–Kier alpha value is -3.47. The zero-order chi connectivity index (χ0) is 17.1. The molecule has 0 fully saturated rings. The predicted octanol–water partition coefficient (Wildman–Crippen LogP) is 2.17. The molecule has 8 heteroatoms. The molecule has 0 aliphatic carbocycles. The number of pyridine rings is 1. The maximum absolute atomic E-state index is 12.4. The summed E-state index contributed by atoms with van der Waals surface area (Å²) >= 11 is 0. The monoisotopic (exact) mass is 321 g/mol. The normalized spacial score (nSPS) is 10.6. The van der Waals surface area contributed by atoms with Gasteiger partial charge in [-0.3, -0.25) is 14.5 Å². The SMILES string of the molecule is CC(C)n1cc(C#N)c(NC(=O)c2cc(-n3cccn3)ccn2)n1. The fourth-order valence-electron chi connectivity index (χ4n) is 2.11. The van der Waals surface area contributed by atoms with E-state index in [1.807, 2.05) is 19.9 Å². The van der Waals surface area contributed by atoms with Gasteiger partial charge >= 0.3 is 0 Å². The highest BCUT2D eigenvalue weighted by molar-refractivity contribution is 6.03. The first-order valence-electron chi connectivity index (χ1n) is 7.35. The first kappa shape index (κ1) is 15.4. The van der Waals surface area contributed by atoms with Gasteiger partial charge in [-0.1, -0.05) is 0 Å². The smallest absolute Gasteiger partial charge is 0.275 e. The molecule has 0 unspecified atom stereocenters. The Bertz CT molecular complexity index is 903. The van der Waals surface area contributed by atoms with E-state index in [1.165, 1.54) is 6.20 Å². The molecule has 120 valence electrons. The van der Waals surface area contributed by atoms with E-state index in [1.54, 1.807) is 46.2 Å². The zero-order valence-corrected chi connectivity index (χ0v) is 13.2. The summed E-state index contributed by atoms with van der Waals surface area (Å²) < 4.78 is 3.26. The van der Waals surface area contributed by atoms with Crippen LogP contribution >= 0.6 is 0 Å². The lowest BCUT2D eigenvalue weighted by atomic mass is 10.3. The highest BCUT2D eigenvalue weighted by atomic mass is 16.2. The zero-order valence-electron chi connectivity index (χ0n) is 13.2. The Morgan fingerprint density at radius 2 is 2.21 bits per heavy atom. The van der Waals surface area contributed by atoms with Crippen LogP contribution in [0, 0.1) is 11.3 Å². The largest absolute Gasteiger partial charge is 0.303 e. The van der Waals surface area contributed by atoms with Crippen molar-refractivity contribution < 1.29 is 4.79 Å². The van der Waals surface area contributed by atoms with Gasteiger partial charge in [-0.05, 0) is 32.0 Å². The Labute approximate surface area is 138 Å². The summed E-state index contributed by atoms with van der Waals surface area (Å²) in [6, 6.07) is 7.27. The summed E-state index contributed by atoms with van der Waals surface area (Å²) in [7, 11) is 0. The molecule has 8 nitrogen and oxygen atoms in total. The van der Waals surface area contributed by atoms with E-state index in [9.17, 15) is 10.1 Å². The van der Waals surface area contributed by atoms with Crippen molar-refractivity contribution in [3.05, 3.63) is 54.2 Å². The van der Waals surface area contributed by atoms with Gasteiger partial charge < -0.3 is 5.32 Å². The van der Waals surface area contributed by atoms with Crippen molar-refractivity contribution in [2.75, 3.05) is 5.32 Å². The van der Waals surface area contributed by atoms with Crippen LogP contribution < -0.4 is 5.32 Å². The van der Waals surface area contributed by atoms with Crippen LogP contribution in [0.3, 0.4) is 0 Å². The van der Waals surface area contributed by atoms with Crippen LogP contribution in [0.2, 0.25) is 0 Å².